The van der Waals surface area contributed by atoms with Crippen molar-refractivity contribution in [1.82, 2.24) is 9.61 Å². The molecule has 0 aliphatic rings. The fraction of sp³-hybridized carbons (Fsp3) is 0.200. The van der Waals surface area contributed by atoms with E-state index >= 15 is 0 Å². The third-order valence-electron chi connectivity index (χ3n) is 2.25. The van der Waals surface area contributed by atoms with Crippen LogP contribution in [-0.4, -0.2) is 25.8 Å². The van der Waals surface area contributed by atoms with E-state index < -0.39 is 5.97 Å². The van der Waals surface area contributed by atoms with Crippen LogP contribution in [0, 0.1) is 6.92 Å². The lowest BCUT2D eigenvalue weighted by molar-refractivity contribution is 0.0698. The lowest BCUT2D eigenvalue weighted by atomic mass is 10.2. The second-order valence-corrected chi connectivity index (χ2v) is 3.28. The summed E-state index contributed by atoms with van der Waals surface area (Å²) in [6, 6.07) is 4.80. The summed E-state index contributed by atoms with van der Waals surface area (Å²) in [4.78, 5) is 10.9. The molecule has 2 rings (SSSR count). The molecule has 2 N–H and O–H groups in total. The number of fused-ring (bicyclic) bond motifs is 1. The Bertz CT molecular complexity index is 531. The molecule has 0 aliphatic carbocycles. The van der Waals surface area contributed by atoms with Crippen LogP contribution in [0.4, 0.5) is 0 Å². The van der Waals surface area contributed by atoms with Crippen LogP contribution >= 0.6 is 0 Å². The summed E-state index contributed by atoms with van der Waals surface area (Å²) in [7, 11) is 0. The van der Waals surface area contributed by atoms with Crippen molar-refractivity contribution in [3.05, 3.63) is 35.2 Å². The number of aromatic nitrogens is 2. The first-order valence-corrected chi connectivity index (χ1v) is 4.46. The Labute approximate surface area is 85.6 Å². The molecule has 2 heterocycles. The molecule has 78 valence electrons. The summed E-state index contributed by atoms with van der Waals surface area (Å²) in [5.74, 6) is -0.996. The predicted octanol–water partition coefficient (Wildman–Crippen LogP) is 0.833. The number of carboxylic acids is 1. The number of aryl methyl sites for hydroxylation is 1. The minimum atomic E-state index is -0.996. The van der Waals surface area contributed by atoms with Crippen molar-refractivity contribution in [2.24, 2.45) is 0 Å². The molecule has 0 bridgehead atoms. The zero-order chi connectivity index (χ0) is 11.0. The van der Waals surface area contributed by atoms with E-state index in [1.807, 2.05) is 6.92 Å². The second kappa shape index (κ2) is 3.36. The number of aliphatic hydroxyl groups is 1. The van der Waals surface area contributed by atoms with Gasteiger partial charge in [0.15, 0.2) is 0 Å². The molecule has 0 unspecified atom stereocenters. The Kier molecular flexibility index (Phi) is 2.17. The van der Waals surface area contributed by atoms with Crippen molar-refractivity contribution in [1.29, 1.82) is 0 Å². The van der Waals surface area contributed by atoms with Crippen LogP contribution < -0.4 is 0 Å². The van der Waals surface area contributed by atoms with E-state index in [0.29, 0.717) is 11.2 Å². The number of aromatic carboxylic acids is 1. The van der Waals surface area contributed by atoms with Crippen LogP contribution in [0.15, 0.2) is 18.2 Å². The van der Waals surface area contributed by atoms with Gasteiger partial charge in [-0.25, -0.2) is 9.31 Å². The molecule has 0 atom stereocenters. The third-order valence-corrected chi connectivity index (χ3v) is 2.25. The van der Waals surface area contributed by atoms with Crippen molar-refractivity contribution < 1.29 is 15.0 Å². The first-order valence-electron chi connectivity index (χ1n) is 4.46. The Morgan fingerprint density at radius 3 is 2.87 bits per heavy atom. The van der Waals surface area contributed by atoms with Crippen LogP contribution in [0.5, 0.6) is 0 Å². The Balaban J connectivity index is 2.80. The Morgan fingerprint density at radius 1 is 1.53 bits per heavy atom. The molecule has 5 heteroatoms. The van der Waals surface area contributed by atoms with Gasteiger partial charge < -0.3 is 10.2 Å². The van der Waals surface area contributed by atoms with E-state index in [9.17, 15) is 4.79 Å². The van der Waals surface area contributed by atoms with Crippen LogP contribution in [0.2, 0.25) is 0 Å². The second-order valence-electron chi connectivity index (χ2n) is 3.28. The van der Waals surface area contributed by atoms with Gasteiger partial charge in [0.1, 0.15) is 0 Å². The van der Waals surface area contributed by atoms with Crippen molar-refractivity contribution in [2.45, 2.75) is 13.5 Å². The summed E-state index contributed by atoms with van der Waals surface area (Å²) in [6.45, 7) is 1.63. The van der Waals surface area contributed by atoms with E-state index in [0.717, 1.165) is 5.69 Å². The summed E-state index contributed by atoms with van der Waals surface area (Å²) >= 11 is 0. The lowest BCUT2D eigenvalue weighted by Gasteiger charge is -2.01. The molecule has 0 fully saturated rings. The van der Waals surface area contributed by atoms with Crippen LogP contribution in [0.1, 0.15) is 21.7 Å². The third kappa shape index (κ3) is 1.46. The zero-order valence-electron chi connectivity index (χ0n) is 8.14. The molecule has 0 aromatic carbocycles. The fourth-order valence-corrected chi connectivity index (χ4v) is 1.51. The maximum absolute atomic E-state index is 10.9. The maximum Gasteiger partial charge on any atom is 0.337 e. The molecule has 2 aromatic rings. The number of hydrogen-bond acceptors (Lipinski definition) is 3. The Morgan fingerprint density at radius 2 is 2.27 bits per heavy atom. The highest BCUT2D eigenvalue weighted by Crippen LogP contribution is 2.15. The van der Waals surface area contributed by atoms with Gasteiger partial charge in [-0.1, -0.05) is 0 Å². The number of carboxylic acid groups (broad SMARTS) is 1. The molecule has 0 spiro atoms. The average molecular weight is 206 g/mol. The highest BCUT2D eigenvalue weighted by atomic mass is 16.4. The highest BCUT2D eigenvalue weighted by Gasteiger charge is 2.12. The van der Waals surface area contributed by atoms with E-state index in [-0.39, 0.29) is 12.2 Å². The zero-order valence-corrected chi connectivity index (χ0v) is 8.14. The molecule has 0 saturated heterocycles. The topological polar surface area (TPSA) is 74.8 Å². The van der Waals surface area contributed by atoms with E-state index in [1.165, 1.54) is 10.6 Å². The van der Waals surface area contributed by atoms with Crippen molar-refractivity contribution in [2.75, 3.05) is 0 Å². The summed E-state index contributed by atoms with van der Waals surface area (Å²) in [5.41, 5.74) is 1.99. The number of rotatable bonds is 2. The summed E-state index contributed by atoms with van der Waals surface area (Å²) in [5, 5.41) is 22.0. The molecule has 0 saturated carbocycles. The highest BCUT2D eigenvalue weighted by molar-refractivity contribution is 5.95. The van der Waals surface area contributed by atoms with Gasteiger partial charge in [-0.2, -0.15) is 5.10 Å². The van der Waals surface area contributed by atoms with Gasteiger partial charge in [0, 0.05) is 5.69 Å². The van der Waals surface area contributed by atoms with Crippen LogP contribution in [0.25, 0.3) is 5.52 Å². The first-order chi connectivity index (χ1) is 7.13. The molecular weight excluding hydrogens is 196 g/mol. The first kappa shape index (κ1) is 9.67. The fourth-order valence-electron chi connectivity index (χ4n) is 1.51. The Hall–Kier alpha value is -1.88. The largest absolute Gasteiger partial charge is 0.478 e. The van der Waals surface area contributed by atoms with Crippen LogP contribution in [0.3, 0.4) is 0 Å². The minimum Gasteiger partial charge on any atom is -0.478 e. The normalized spacial score (nSPS) is 10.8. The van der Waals surface area contributed by atoms with E-state index in [1.54, 1.807) is 12.1 Å². The van der Waals surface area contributed by atoms with Crippen LogP contribution in [-0.2, 0) is 6.61 Å². The SMILES string of the molecule is Cc1ccc(C(=O)O)c2cc(CO)nn12. The summed E-state index contributed by atoms with van der Waals surface area (Å²) < 4.78 is 1.52. The molecule has 15 heavy (non-hydrogen) atoms. The molecule has 5 nitrogen and oxygen atoms in total. The molecule has 0 amide bonds. The van der Waals surface area contributed by atoms with E-state index in [2.05, 4.69) is 5.10 Å². The number of carbonyl (C=O) groups is 1. The smallest absolute Gasteiger partial charge is 0.337 e. The average Bonchev–Trinajstić information content (AvgIpc) is 2.62. The lowest BCUT2D eigenvalue weighted by Crippen LogP contribution is -2.02. The molecule has 0 aliphatic heterocycles. The standard InChI is InChI=1S/C10H10N2O3/c1-6-2-3-8(10(14)15)9-4-7(5-13)11-12(6)9/h2-4,13H,5H2,1H3,(H,14,15). The maximum atomic E-state index is 10.9. The summed E-state index contributed by atoms with van der Waals surface area (Å²) in [6.07, 6.45) is 0. The number of aliphatic hydroxyl groups excluding tert-OH is 1. The van der Waals surface area contributed by atoms with Crippen molar-refractivity contribution in [3.63, 3.8) is 0 Å². The predicted molar refractivity (Wildman–Crippen MR) is 52.8 cm³/mol. The van der Waals surface area contributed by atoms with Gasteiger partial charge in [-0.05, 0) is 25.1 Å². The van der Waals surface area contributed by atoms with Crippen molar-refractivity contribution in [3.8, 4) is 0 Å². The van der Waals surface area contributed by atoms with Gasteiger partial charge in [0.05, 0.1) is 23.4 Å². The number of pyridine rings is 1. The van der Waals surface area contributed by atoms with Gasteiger partial charge in [-0.3, -0.25) is 0 Å². The monoisotopic (exact) mass is 206 g/mol. The quantitative estimate of drug-likeness (QED) is 0.763. The molecule has 2 aromatic heterocycles. The minimum absolute atomic E-state index is 0.188. The van der Waals surface area contributed by atoms with Gasteiger partial charge in [0.2, 0.25) is 0 Å². The number of hydrogen-bond donors (Lipinski definition) is 2. The molecular formula is C10H10N2O3. The van der Waals surface area contributed by atoms with Gasteiger partial charge in [-0.15, -0.1) is 0 Å². The van der Waals surface area contributed by atoms with E-state index in [4.69, 9.17) is 10.2 Å². The van der Waals surface area contributed by atoms with Gasteiger partial charge >= 0.3 is 5.97 Å². The number of nitrogens with zero attached hydrogens (tertiary/aromatic N) is 2. The molecule has 0 radical (unpaired) electrons. The van der Waals surface area contributed by atoms with Crippen molar-refractivity contribution >= 4 is 11.5 Å². The van der Waals surface area contributed by atoms with Gasteiger partial charge in [0.25, 0.3) is 0 Å².